The maximum atomic E-state index is 5.67. The van der Waals surface area contributed by atoms with Crippen LogP contribution in [0.4, 0.5) is 5.82 Å². The van der Waals surface area contributed by atoms with E-state index in [-0.39, 0.29) is 0 Å². The van der Waals surface area contributed by atoms with Crippen LogP contribution in [0.2, 0.25) is 0 Å². The normalized spacial score (nSPS) is 14.4. The Morgan fingerprint density at radius 3 is 2.81 bits per heavy atom. The molecule has 1 aliphatic rings. The van der Waals surface area contributed by atoms with E-state index in [1.807, 2.05) is 25.1 Å². The van der Waals surface area contributed by atoms with Crippen LogP contribution >= 0.6 is 0 Å². The monoisotopic (exact) mass is 369 g/mol. The van der Waals surface area contributed by atoms with Crippen LogP contribution in [0.25, 0.3) is 10.9 Å². The number of pyridine rings is 1. The Balaban J connectivity index is 1.52. The summed E-state index contributed by atoms with van der Waals surface area (Å²) in [7, 11) is 5.83. The van der Waals surface area contributed by atoms with Gasteiger partial charge in [0.25, 0.3) is 0 Å². The molecule has 6 heteroatoms. The Morgan fingerprint density at radius 1 is 1.26 bits per heavy atom. The summed E-state index contributed by atoms with van der Waals surface area (Å²) in [5, 5.41) is 7.94. The minimum absolute atomic E-state index is 0.696. The van der Waals surface area contributed by atoms with Crippen molar-refractivity contribution in [3.8, 4) is 0 Å². The van der Waals surface area contributed by atoms with Gasteiger partial charge < -0.3 is 20.3 Å². The maximum Gasteiger partial charge on any atom is 0.191 e. The van der Waals surface area contributed by atoms with Gasteiger partial charge in [0.2, 0.25) is 0 Å². The van der Waals surface area contributed by atoms with E-state index in [4.69, 9.17) is 9.72 Å². The highest BCUT2D eigenvalue weighted by molar-refractivity contribution is 5.85. The molecule has 0 spiro atoms. The summed E-state index contributed by atoms with van der Waals surface area (Å²) in [4.78, 5) is 11.1. The van der Waals surface area contributed by atoms with Crippen LogP contribution in [0.1, 0.15) is 24.8 Å². The molecule has 1 aromatic carbocycles. The molecule has 1 aromatic heterocycles. The summed E-state index contributed by atoms with van der Waals surface area (Å²) < 4.78 is 5.67. The Kier molecular flexibility index (Phi) is 6.87. The van der Waals surface area contributed by atoms with Crippen LogP contribution in [-0.2, 0) is 11.3 Å². The maximum absolute atomic E-state index is 5.67. The number of nitrogens with zero attached hydrogens (tertiary/aromatic N) is 3. The molecule has 1 aliphatic carbocycles. The highest BCUT2D eigenvalue weighted by Crippen LogP contribution is 2.28. The van der Waals surface area contributed by atoms with Crippen molar-refractivity contribution >= 4 is 22.7 Å². The van der Waals surface area contributed by atoms with Crippen molar-refractivity contribution in [2.24, 2.45) is 10.9 Å². The second-order valence-corrected chi connectivity index (χ2v) is 7.28. The molecule has 0 amide bonds. The van der Waals surface area contributed by atoms with E-state index in [0.29, 0.717) is 6.54 Å². The number of aromatic nitrogens is 1. The fraction of sp³-hybridized carbons (Fsp3) is 0.524. The first-order valence-corrected chi connectivity index (χ1v) is 9.75. The van der Waals surface area contributed by atoms with Crippen LogP contribution in [0, 0.1) is 5.92 Å². The molecule has 2 aromatic rings. The molecule has 0 unspecified atom stereocenters. The second-order valence-electron chi connectivity index (χ2n) is 7.28. The third-order valence-corrected chi connectivity index (χ3v) is 4.72. The number of rotatable bonds is 9. The van der Waals surface area contributed by atoms with E-state index in [2.05, 4.69) is 39.9 Å². The van der Waals surface area contributed by atoms with Crippen molar-refractivity contribution in [2.45, 2.75) is 25.8 Å². The number of hydrogen-bond donors (Lipinski definition) is 2. The molecular weight excluding hydrogens is 338 g/mol. The van der Waals surface area contributed by atoms with Gasteiger partial charge in [0.1, 0.15) is 5.82 Å². The number of guanidine groups is 1. The smallest absolute Gasteiger partial charge is 0.191 e. The van der Waals surface area contributed by atoms with Crippen LogP contribution in [0.15, 0.2) is 35.3 Å². The lowest BCUT2D eigenvalue weighted by Gasteiger charge is -2.17. The number of para-hydroxylation sites is 1. The average molecular weight is 370 g/mol. The summed E-state index contributed by atoms with van der Waals surface area (Å²) in [5.41, 5.74) is 2.22. The van der Waals surface area contributed by atoms with Gasteiger partial charge in [-0.1, -0.05) is 18.2 Å². The standard InChI is InChI=1S/C21H31N5O/c1-22-21(23-11-6-12-27-15-16-9-10-16)24-14-17-13-20(26(2)3)25-19-8-5-4-7-18(17)19/h4-5,7-8,13,16H,6,9-12,14-15H2,1-3H3,(H2,22,23,24). The predicted octanol–water partition coefficient (Wildman–Crippen LogP) is 2.78. The highest BCUT2D eigenvalue weighted by Gasteiger charge is 2.20. The Hall–Kier alpha value is -2.34. The zero-order chi connectivity index (χ0) is 19.1. The topological polar surface area (TPSA) is 61.8 Å². The molecule has 1 saturated carbocycles. The third-order valence-electron chi connectivity index (χ3n) is 4.72. The SMILES string of the molecule is CN=C(NCCCOCC1CC1)NCc1cc(N(C)C)nc2ccccc12. The molecule has 1 fully saturated rings. The Morgan fingerprint density at radius 2 is 2.07 bits per heavy atom. The van der Waals surface area contributed by atoms with Gasteiger partial charge in [0, 0.05) is 52.8 Å². The van der Waals surface area contributed by atoms with Crippen molar-refractivity contribution in [1.29, 1.82) is 0 Å². The fourth-order valence-electron chi connectivity index (χ4n) is 2.92. The van der Waals surface area contributed by atoms with Crippen LogP contribution in [-0.4, -0.2) is 51.8 Å². The first-order valence-electron chi connectivity index (χ1n) is 9.75. The van der Waals surface area contributed by atoms with Gasteiger partial charge >= 0.3 is 0 Å². The lowest BCUT2D eigenvalue weighted by Crippen LogP contribution is -2.37. The fourth-order valence-corrected chi connectivity index (χ4v) is 2.92. The van der Waals surface area contributed by atoms with Gasteiger partial charge in [0.05, 0.1) is 5.52 Å². The molecule has 6 nitrogen and oxygen atoms in total. The van der Waals surface area contributed by atoms with Gasteiger partial charge in [-0.15, -0.1) is 0 Å². The number of fused-ring (bicyclic) bond motifs is 1. The van der Waals surface area contributed by atoms with Crippen molar-refractivity contribution in [3.05, 3.63) is 35.9 Å². The molecule has 0 bridgehead atoms. The van der Waals surface area contributed by atoms with E-state index >= 15 is 0 Å². The number of hydrogen-bond acceptors (Lipinski definition) is 4. The zero-order valence-electron chi connectivity index (χ0n) is 16.7. The van der Waals surface area contributed by atoms with Gasteiger partial charge in [-0.05, 0) is 42.9 Å². The summed E-state index contributed by atoms with van der Waals surface area (Å²) in [6.07, 6.45) is 3.67. The molecule has 2 N–H and O–H groups in total. The van der Waals surface area contributed by atoms with E-state index in [1.54, 1.807) is 7.05 Å². The quantitative estimate of drug-likeness (QED) is 0.404. The minimum Gasteiger partial charge on any atom is -0.381 e. The van der Waals surface area contributed by atoms with Crippen molar-refractivity contribution < 1.29 is 4.74 Å². The van der Waals surface area contributed by atoms with E-state index in [0.717, 1.165) is 49.4 Å². The number of aliphatic imine (C=N–C) groups is 1. The first-order chi connectivity index (χ1) is 13.2. The second kappa shape index (κ2) is 9.55. The minimum atomic E-state index is 0.696. The van der Waals surface area contributed by atoms with E-state index in [9.17, 15) is 0 Å². The molecule has 146 valence electrons. The van der Waals surface area contributed by atoms with E-state index in [1.165, 1.54) is 23.8 Å². The third kappa shape index (κ3) is 5.82. The summed E-state index contributed by atoms with van der Waals surface area (Å²) >= 11 is 0. The summed E-state index contributed by atoms with van der Waals surface area (Å²) in [5.74, 6) is 2.60. The van der Waals surface area contributed by atoms with Crippen LogP contribution < -0.4 is 15.5 Å². The van der Waals surface area contributed by atoms with Gasteiger partial charge in [-0.2, -0.15) is 0 Å². The number of anilines is 1. The van der Waals surface area contributed by atoms with Crippen molar-refractivity contribution in [2.75, 3.05) is 45.8 Å². The molecule has 0 saturated heterocycles. The van der Waals surface area contributed by atoms with Crippen LogP contribution in [0.5, 0.6) is 0 Å². The lowest BCUT2D eigenvalue weighted by atomic mass is 10.1. The van der Waals surface area contributed by atoms with E-state index < -0.39 is 0 Å². The zero-order valence-corrected chi connectivity index (χ0v) is 16.7. The largest absolute Gasteiger partial charge is 0.381 e. The molecular formula is C21H31N5O. The van der Waals surface area contributed by atoms with Crippen molar-refractivity contribution in [3.63, 3.8) is 0 Å². The van der Waals surface area contributed by atoms with Gasteiger partial charge in [0.15, 0.2) is 5.96 Å². The lowest BCUT2D eigenvalue weighted by molar-refractivity contribution is 0.123. The van der Waals surface area contributed by atoms with Crippen molar-refractivity contribution in [1.82, 2.24) is 15.6 Å². The highest BCUT2D eigenvalue weighted by atomic mass is 16.5. The molecule has 0 atom stereocenters. The predicted molar refractivity (Wildman–Crippen MR) is 112 cm³/mol. The molecule has 27 heavy (non-hydrogen) atoms. The average Bonchev–Trinajstić information content (AvgIpc) is 3.50. The van der Waals surface area contributed by atoms with Crippen LogP contribution in [0.3, 0.4) is 0 Å². The Bertz CT molecular complexity index is 770. The first kappa shape index (κ1) is 19.4. The van der Waals surface area contributed by atoms with Gasteiger partial charge in [-0.3, -0.25) is 4.99 Å². The molecule has 0 radical (unpaired) electrons. The summed E-state index contributed by atoms with van der Waals surface area (Å²) in [6, 6.07) is 10.4. The van der Waals surface area contributed by atoms with Gasteiger partial charge in [-0.25, -0.2) is 4.98 Å². The molecule has 3 rings (SSSR count). The number of ether oxygens (including phenoxy) is 1. The molecule has 0 aliphatic heterocycles. The number of nitrogens with one attached hydrogen (secondary N) is 2. The molecule has 1 heterocycles. The summed E-state index contributed by atoms with van der Waals surface area (Å²) in [6.45, 7) is 3.28. The number of benzene rings is 1. The Labute approximate surface area is 162 Å².